The Morgan fingerprint density at radius 3 is 2.12 bits per heavy atom. The minimum Gasteiger partial charge on any atom is -0.342 e. The van der Waals surface area contributed by atoms with E-state index in [9.17, 15) is 40.7 Å². The van der Waals surface area contributed by atoms with E-state index in [-0.39, 0.29) is 29.6 Å². The van der Waals surface area contributed by atoms with Gasteiger partial charge in [0.05, 0.1) is 17.7 Å². The molecule has 0 spiro atoms. The number of hydrogen-bond donors (Lipinski definition) is 2. The average molecular weight is 624 g/mol. The zero-order valence-electron chi connectivity index (χ0n) is 22.3. The third-order valence-electron chi connectivity index (χ3n) is 7.50. The van der Waals surface area contributed by atoms with E-state index in [1.54, 1.807) is 36.4 Å². The molecule has 3 aromatic carbocycles. The number of nitrogens with zero attached hydrogens (tertiary/aromatic N) is 1. The zero-order chi connectivity index (χ0) is 31.2. The molecule has 1 atom stereocenters. The maximum absolute atomic E-state index is 13.9. The van der Waals surface area contributed by atoms with E-state index in [0.717, 1.165) is 4.90 Å². The molecule has 2 aliphatic rings. The summed E-state index contributed by atoms with van der Waals surface area (Å²) in [6, 6.07) is 12.7. The van der Waals surface area contributed by atoms with Crippen molar-refractivity contribution in [3.63, 3.8) is 0 Å². The summed E-state index contributed by atoms with van der Waals surface area (Å²) in [5.74, 6) is -1.85. The maximum Gasteiger partial charge on any atom is 0.416 e. The lowest BCUT2D eigenvalue weighted by atomic mass is 10.0. The number of anilines is 1. The predicted molar refractivity (Wildman–Crippen MR) is 145 cm³/mol. The zero-order valence-corrected chi connectivity index (χ0v) is 23.0. The minimum absolute atomic E-state index is 0.0143. The van der Waals surface area contributed by atoms with Crippen molar-refractivity contribution < 1.29 is 40.7 Å². The molecule has 1 aliphatic carbocycles. The van der Waals surface area contributed by atoms with Crippen molar-refractivity contribution in [1.82, 2.24) is 10.6 Å². The van der Waals surface area contributed by atoms with Crippen molar-refractivity contribution in [3.8, 4) is 0 Å². The van der Waals surface area contributed by atoms with Gasteiger partial charge in [0.15, 0.2) is 0 Å². The Morgan fingerprint density at radius 1 is 0.907 bits per heavy atom. The van der Waals surface area contributed by atoms with Crippen LogP contribution >= 0.6 is 11.6 Å². The number of amides is 3. The van der Waals surface area contributed by atoms with E-state index in [1.807, 2.05) is 0 Å². The molecule has 1 aliphatic heterocycles. The van der Waals surface area contributed by atoms with Gasteiger partial charge in [-0.05, 0) is 79.3 Å². The third kappa shape index (κ3) is 6.48. The summed E-state index contributed by atoms with van der Waals surface area (Å²) in [5, 5.41) is 5.62. The van der Waals surface area contributed by atoms with E-state index >= 15 is 0 Å². The van der Waals surface area contributed by atoms with Gasteiger partial charge in [-0.1, -0.05) is 35.9 Å². The van der Waals surface area contributed by atoms with Crippen LogP contribution in [0.4, 0.5) is 32.0 Å². The molecule has 5 rings (SSSR count). The minimum atomic E-state index is -5.07. The SMILES string of the molecule is O=C(NC1(C(=O)NC2CCc3c(Cl)cccc3N(Cc3cc(C(F)(F)F)cc(C(F)(F)F)c3)C2=O)CC1)c1ccccc1. The van der Waals surface area contributed by atoms with Gasteiger partial charge in [0.2, 0.25) is 11.8 Å². The van der Waals surface area contributed by atoms with Crippen LogP contribution in [0.3, 0.4) is 0 Å². The highest BCUT2D eigenvalue weighted by Crippen LogP contribution is 2.39. The number of carbonyl (C=O) groups excluding carboxylic acids is 3. The summed E-state index contributed by atoms with van der Waals surface area (Å²) in [7, 11) is 0. The number of alkyl halides is 6. The Kier molecular flexibility index (Phi) is 7.93. The first-order valence-corrected chi connectivity index (χ1v) is 13.6. The van der Waals surface area contributed by atoms with Crippen LogP contribution in [-0.4, -0.2) is 29.3 Å². The van der Waals surface area contributed by atoms with Crippen LogP contribution in [0.1, 0.15) is 51.9 Å². The highest BCUT2D eigenvalue weighted by Gasteiger charge is 2.52. The Morgan fingerprint density at radius 2 is 1.53 bits per heavy atom. The standard InChI is InChI=1S/C30H24ClF6N3O3/c31-22-7-4-8-24-21(22)9-10-23(38-27(43)28(11-12-28)39-25(41)18-5-2-1-3-6-18)26(42)40(24)16-17-13-19(29(32,33)34)15-20(14-17)30(35,36)37/h1-8,13-15,23H,9-12,16H2,(H,38,43)(H,39,41). The molecule has 1 saturated carbocycles. The maximum atomic E-state index is 13.9. The first kappa shape index (κ1) is 30.4. The molecule has 3 aromatic rings. The van der Waals surface area contributed by atoms with Crippen LogP contribution in [0.5, 0.6) is 0 Å². The lowest BCUT2D eigenvalue weighted by Crippen LogP contribution is -2.55. The number of halogens is 7. The van der Waals surface area contributed by atoms with Crippen LogP contribution < -0.4 is 15.5 Å². The second-order valence-electron chi connectivity index (χ2n) is 10.5. The number of hydrogen-bond acceptors (Lipinski definition) is 3. The molecule has 13 heteroatoms. The van der Waals surface area contributed by atoms with Gasteiger partial charge in [0.1, 0.15) is 11.6 Å². The Balaban J connectivity index is 1.44. The fraction of sp³-hybridized carbons (Fsp3) is 0.300. The van der Waals surface area contributed by atoms with E-state index in [2.05, 4.69) is 10.6 Å². The quantitative estimate of drug-likeness (QED) is 0.316. The Bertz CT molecular complexity index is 1540. The van der Waals surface area contributed by atoms with E-state index < -0.39 is 64.9 Å². The summed E-state index contributed by atoms with van der Waals surface area (Å²) in [6.45, 7) is -0.651. The van der Waals surface area contributed by atoms with Gasteiger partial charge in [-0.25, -0.2) is 0 Å². The van der Waals surface area contributed by atoms with Gasteiger partial charge >= 0.3 is 12.4 Å². The van der Waals surface area contributed by atoms with Gasteiger partial charge < -0.3 is 15.5 Å². The molecule has 0 saturated heterocycles. The van der Waals surface area contributed by atoms with Crippen LogP contribution in [0.15, 0.2) is 66.7 Å². The summed E-state index contributed by atoms with van der Waals surface area (Å²) in [6.07, 6.45) is -9.27. The second kappa shape index (κ2) is 11.2. The van der Waals surface area contributed by atoms with Crippen LogP contribution in [0.2, 0.25) is 5.02 Å². The molecule has 3 amide bonds. The molecule has 43 heavy (non-hydrogen) atoms. The van der Waals surface area contributed by atoms with Gasteiger partial charge in [0, 0.05) is 16.3 Å². The lowest BCUT2D eigenvalue weighted by Gasteiger charge is -2.28. The largest absolute Gasteiger partial charge is 0.416 e. The van der Waals surface area contributed by atoms with Crippen molar-refractivity contribution in [3.05, 3.63) is 99.6 Å². The van der Waals surface area contributed by atoms with Crippen molar-refractivity contribution in [2.24, 2.45) is 0 Å². The number of fused-ring (bicyclic) bond motifs is 1. The fourth-order valence-corrected chi connectivity index (χ4v) is 5.33. The van der Waals surface area contributed by atoms with Gasteiger partial charge in [-0.2, -0.15) is 26.3 Å². The summed E-state index contributed by atoms with van der Waals surface area (Å²) < 4.78 is 81.2. The molecule has 0 radical (unpaired) electrons. The van der Waals surface area contributed by atoms with Crippen molar-refractivity contribution in [2.75, 3.05) is 4.90 Å². The molecular weight excluding hydrogens is 600 g/mol. The van der Waals surface area contributed by atoms with E-state index in [1.165, 1.54) is 12.1 Å². The van der Waals surface area contributed by atoms with Gasteiger partial charge in [0.25, 0.3) is 5.91 Å². The molecule has 1 heterocycles. The number of carbonyl (C=O) groups is 3. The number of nitrogens with one attached hydrogen (secondary N) is 2. The van der Waals surface area contributed by atoms with E-state index in [0.29, 0.717) is 36.1 Å². The molecule has 226 valence electrons. The smallest absolute Gasteiger partial charge is 0.342 e. The molecule has 1 unspecified atom stereocenters. The topological polar surface area (TPSA) is 78.5 Å². The first-order chi connectivity index (χ1) is 20.2. The Hall–Kier alpha value is -4.06. The highest BCUT2D eigenvalue weighted by molar-refractivity contribution is 6.32. The van der Waals surface area contributed by atoms with Crippen LogP contribution in [-0.2, 0) is 34.9 Å². The summed E-state index contributed by atoms with van der Waals surface area (Å²) >= 11 is 6.38. The Labute approximate surface area is 247 Å². The third-order valence-corrected chi connectivity index (χ3v) is 7.85. The lowest BCUT2D eigenvalue weighted by molar-refractivity contribution is -0.143. The normalized spacial score (nSPS) is 18.0. The van der Waals surface area contributed by atoms with Crippen molar-refractivity contribution >= 4 is 35.0 Å². The number of benzene rings is 3. The fourth-order valence-electron chi connectivity index (χ4n) is 5.07. The van der Waals surface area contributed by atoms with Crippen LogP contribution in [0, 0.1) is 0 Å². The highest BCUT2D eigenvalue weighted by atomic mass is 35.5. The first-order valence-electron chi connectivity index (χ1n) is 13.2. The van der Waals surface area contributed by atoms with Gasteiger partial charge in [-0.3, -0.25) is 14.4 Å². The molecule has 0 bridgehead atoms. The molecule has 1 fully saturated rings. The molecule has 6 nitrogen and oxygen atoms in total. The van der Waals surface area contributed by atoms with Crippen molar-refractivity contribution in [1.29, 1.82) is 0 Å². The summed E-state index contributed by atoms with van der Waals surface area (Å²) in [5.41, 5.74) is -3.70. The van der Waals surface area contributed by atoms with Gasteiger partial charge in [-0.15, -0.1) is 0 Å². The summed E-state index contributed by atoms with van der Waals surface area (Å²) in [4.78, 5) is 41.0. The predicted octanol–water partition coefficient (Wildman–Crippen LogP) is 6.30. The number of rotatable bonds is 6. The molecule has 2 N–H and O–H groups in total. The molecule has 0 aromatic heterocycles. The monoisotopic (exact) mass is 623 g/mol. The van der Waals surface area contributed by atoms with Crippen molar-refractivity contribution in [2.45, 2.75) is 56.2 Å². The molecular formula is C30H24ClF6N3O3. The van der Waals surface area contributed by atoms with Crippen LogP contribution in [0.25, 0.3) is 0 Å². The second-order valence-corrected chi connectivity index (χ2v) is 11.0. The van der Waals surface area contributed by atoms with E-state index in [4.69, 9.17) is 11.6 Å². The average Bonchev–Trinajstić information content (AvgIpc) is 3.75.